The molecule has 0 saturated heterocycles. The highest BCUT2D eigenvalue weighted by Gasteiger charge is 2.41. The van der Waals surface area contributed by atoms with Crippen molar-refractivity contribution in [3.63, 3.8) is 0 Å². The molecule has 0 aromatic carbocycles. The molecule has 5 heteroatoms. The third-order valence-electron chi connectivity index (χ3n) is 2.40. The molecule has 76 valence electrons. The molecule has 1 N–H and O–H groups in total. The minimum absolute atomic E-state index is 0.0776. The zero-order valence-corrected chi connectivity index (χ0v) is 10.0. The summed E-state index contributed by atoms with van der Waals surface area (Å²) >= 11 is 5.15. The van der Waals surface area contributed by atoms with Crippen molar-refractivity contribution in [2.45, 2.75) is 18.0 Å². The maximum Gasteiger partial charge on any atom is 0.251 e. The first-order valence-electron chi connectivity index (χ1n) is 4.48. The van der Waals surface area contributed by atoms with Crippen LogP contribution in [-0.2, 0) is 0 Å². The second-order valence-corrected chi connectivity index (χ2v) is 5.19. The fraction of sp³-hybridized carbons (Fsp3) is 0.556. The molecule has 0 radical (unpaired) electrons. The molecule has 1 fully saturated rings. The molecule has 1 heterocycles. The van der Waals surface area contributed by atoms with Gasteiger partial charge in [-0.3, -0.25) is 4.79 Å². The van der Waals surface area contributed by atoms with E-state index in [0.717, 1.165) is 16.2 Å². The normalized spacial score (nSPS) is 18.1. The van der Waals surface area contributed by atoms with Gasteiger partial charge in [0.25, 0.3) is 5.56 Å². The van der Waals surface area contributed by atoms with E-state index in [2.05, 4.69) is 25.9 Å². The van der Waals surface area contributed by atoms with Gasteiger partial charge in [-0.2, -0.15) is 0 Å². The Bertz CT molecular complexity index is 375. The maximum atomic E-state index is 11.0. The third kappa shape index (κ3) is 2.39. The number of rotatable bonds is 4. The smallest absolute Gasteiger partial charge is 0.251 e. The van der Waals surface area contributed by atoms with E-state index < -0.39 is 0 Å². The summed E-state index contributed by atoms with van der Waals surface area (Å²) in [6, 6.07) is 1.43. The number of nitrogens with one attached hydrogen (secondary N) is 1. The second kappa shape index (κ2) is 4.06. The Morgan fingerprint density at radius 3 is 3.00 bits per heavy atom. The van der Waals surface area contributed by atoms with Crippen LogP contribution in [0.5, 0.6) is 0 Å². The number of aromatic nitrogens is 2. The minimum atomic E-state index is -0.0776. The average molecular weight is 275 g/mol. The number of nitrogens with zero attached hydrogens (tertiary/aromatic N) is 1. The molecule has 3 nitrogen and oxygen atoms in total. The van der Waals surface area contributed by atoms with Crippen molar-refractivity contribution in [3.8, 4) is 0 Å². The number of thioether (sulfide) groups is 1. The highest BCUT2D eigenvalue weighted by molar-refractivity contribution is 9.09. The molecular formula is C9H11BrN2OS. The number of alkyl halides is 1. The summed E-state index contributed by atoms with van der Waals surface area (Å²) < 4.78 is 0. The van der Waals surface area contributed by atoms with Gasteiger partial charge in [-0.25, -0.2) is 4.98 Å². The van der Waals surface area contributed by atoms with E-state index in [4.69, 9.17) is 0 Å². The van der Waals surface area contributed by atoms with Crippen molar-refractivity contribution >= 4 is 27.7 Å². The topological polar surface area (TPSA) is 45.8 Å². The van der Waals surface area contributed by atoms with Crippen molar-refractivity contribution in [3.05, 3.63) is 22.6 Å². The Kier molecular flexibility index (Phi) is 2.97. The predicted octanol–water partition coefficient (Wildman–Crippen LogP) is 2.04. The van der Waals surface area contributed by atoms with Crippen LogP contribution in [0.4, 0.5) is 0 Å². The van der Waals surface area contributed by atoms with E-state index in [0.29, 0.717) is 5.41 Å². The van der Waals surface area contributed by atoms with Gasteiger partial charge < -0.3 is 4.98 Å². The van der Waals surface area contributed by atoms with Crippen molar-refractivity contribution in [1.82, 2.24) is 9.97 Å². The van der Waals surface area contributed by atoms with Crippen LogP contribution < -0.4 is 5.56 Å². The van der Waals surface area contributed by atoms with Crippen molar-refractivity contribution in [1.29, 1.82) is 0 Å². The lowest BCUT2D eigenvalue weighted by Crippen LogP contribution is -2.09. The van der Waals surface area contributed by atoms with Crippen LogP contribution in [0.1, 0.15) is 12.8 Å². The quantitative estimate of drug-likeness (QED) is 0.519. The molecule has 1 aliphatic carbocycles. The van der Waals surface area contributed by atoms with Gasteiger partial charge in [0.15, 0.2) is 5.16 Å². The van der Waals surface area contributed by atoms with Gasteiger partial charge in [-0.1, -0.05) is 27.7 Å². The molecule has 0 aliphatic heterocycles. The Hall–Kier alpha value is -0.290. The lowest BCUT2D eigenvalue weighted by molar-refractivity contribution is 0.684. The van der Waals surface area contributed by atoms with Crippen LogP contribution in [0.25, 0.3) is 0 Å². The molecule has 1 aromatic heterocycles. The summed E-state index contributed by atoms with van der Waals surface area (Å²) in [5.74, 6) is 1.03. The van der Waals surface area contributed by atoms with Crippen LogP contribution >= 0.6 is 27.7 Å². The monoisotopic (exact) mass is 274 g/mol. The molecule has 0 amide bonds. The average Bonchev–Trinajstić information content (AvgIpc) is 2.96. The molecular weight excluding hydrogens is 264 g/mol. The van der Waals surface area contributed by atoms with E-state index in [9.17, 15) is 4.79 Å². The minimum Gasteiger partial charge on any atom is -0.301 e. The fourth-order valence-electron chi connectivity index (χ4n) is 1.14. The van der Waals surface area contributed by atoms with Gasteiger partial charge in [-0.15, -0.1) is 0 Å². The first kappa shape index (κ1) is 10.2. The zero-order valence-electron chi connectivity index (χ0n) is 7.62. The lowest BCUT2D eigenvalue weighted by atomic mass is 10.2. The molecule has 0 atom stereocenters. The highest BCUT2D eigenvalue weighted by atomic mass is 79.9. The third-order valence-corrected chi connectivity index (χ3v) is 4.83. The summed E-state index contributed by atoms with van der Waals surface area (Å²) in [4.78, 5) is 17.8. The van der Waals surface area contributed by atoms with Gasteiger partial charge in [0.2, 0.25) is 0 Å². The standard InChI is InChI=1S/C9H11BrN2OS/c10-5-9(2-3-9)6-14-8-11-4-1-7(13)12-8/h1,4H,2-3,5-6H2,(H,11,12,13). The van der Waals surface area contributed by atoms with Gasteiger partial charge in [0.1, 0.15) is 0 Å². The Morgan fingerprint density at radius 1 is 1.64 bits per heavy atom. The second-order valence-electron chi connectivity index (χ2n) is 3.66. The molecule has 0 spiro atoms. The Morgan fingerprint density at radius 2 is 2.43 bits per heavy atom. The first-order chi connectivity index (χ1) is 6.74. The SMILES string of the molecule is O=c1ccnc(SCC2(CBr)CC2)[nH]1. The van der Waals surface area contributed by atoms with Crippen LogP contribution in [0, 0.1) is 5.41 Å². The summed E-state index contributed by atoms with van der Waals surface area (Å²) in [5.41, 5.74) is 0.380. The van der Waals surface area contributed by atoms with E-state index >= 15 is 0 Å². The van der Waals surface area contributed by atoms with Gasteiger partial charge in [0, 0.05) is 23.3 Å². The van der Waals surface area contributed by atoms with Crippen LogP contribution in [0.15, 0.2) is 22.2 Å². The van der Waals surface area contributed by atoms with Crippen LogP contribution in [0.2, 0.25) is 0 Å². The van der Waals surface area contributed by atoms with E-state index in [-0.39, 0.29) is 5.56 Å². The molecule has 0 unspecified atom stereocenters. The summed E-state index contributed by atoms with van der Waals surface area (Å²) in [6.45, 7) is 0. The summed E-state index contributed by atoms with van der Waals surface area (Å²) in [7, 11) is 0. The van der Waals surface area contributed by atoms with Crippen molar-refractivity contribution < 1.29 is 0 Å². The van der Waals surface area contributed by atoms with Gasteiger partial charge in [-0.05, 0) is 18.3 Å². The Labute approximate surface area is 94.8 Å². The molecule has 2 rings (SSSR count). The molecule has 1 aromatic rings. The molecule has 0 bridgehead atoms. The highest BCUT2D eigenvalue weighted by Crippen LogP contribution is 2.49. The van der Waals surface area contributed by atoms with Gasteiger partial charge in [0.05, 0.1) is 0 Å². The number of hydrogen-bond donors (Lipinski definition) is 1. The Balaban J connectivity index is 1.95. The number of H-pyrrole nitrogens is 1. The molecule has 14 heavy (non-hydrogen) atoms. The largest absolute Gasteiger partial charge is 0.301 e. The van der Waals surface area contributed by atoms with Crippen LogP contribution in [-0.4, -0.2) is 21.1 Å². The van der Waals surface area contributed by atoms with Crippen molar-refractivity contribution in [2.24, 2.45) is 5.41 Å². The number of halogens is 1. The van der Waals surface area contributed by atoms with Crippen LogP contribution in [0.3, 0.4) is 0 Å². The number of hydrogen-bond acceptors (Lipinski definition) is 3. The maximum absolute atomic E-state index is 11.0. The van der Waals surface area contributed by atoms with Crippen molar-refractivity contribution in [2.75, 3.05) is 11.1 Å². The predicted molar refractivity (Wildman–Crippen MR) is 61.0 cm³/mol. The fourth-order valence-corrected chi connectivity index (χ4v) is 3.30. The molecule has 1 saturated carbocycles. The van der Waals surface area contributed by atoms with Gasteiger partial charge >= 0.3 is 0 Å². The number of aromatic amines is 1. The van der Waals surface area contributed by atoms with E-state index in [1.165, 1.54) is 18.9 Å². The summed E-state index contributed by atoms with van der Waals surface area (Å²) in [5, 5.41) is 1.77. The lowest BCUT2D eigenvalue weighted by Gasteiger charge is -2.08. The summed E-state index contributed by atoms with van der Waals surface area (Å²) in [6.07, 6.45) is 4.11. The first-order valence-corrected chi connectivity index (χ1v) is 6.59. The molecule has 1 aliphatic rings. The zero-order chi connectivity index (χ0) is 10.0. The van der Waals surface area contributed by atoms with E-state index in [1.54, 1.807) is 18.0 Å². The van der Waals surface area contributed by atoms with E-state index in [1.807, 2.05) is 0 Å².